The fourth-order valence-electron chi connectivity index (χ4n) is 3.55. The molecule has 2 saturated carbocycles. The van der Waals surface area contributed by atoms with E-state index in [9.17, 15) is 4.79 Å². The number of hydrogen-bond acceptors (Lipinski definition) is 2. The maximum Gasteiger partial charge on any atom is 0.233 e. The third kappa shape index (κ3) is 2.40. The fourth-order valence-corrected chi connectivity index (χ4v) is 3.81. The van der Waals surface area contributed by atoms with Gasteiger partial charge in [-0.1, -0.05) is 38.9 Å². The van der Waals surface area contributed by atoms with Crippen molar-refractivity contribution in [2.45, 2.75) is 46.0 Å². The molecule has 0 radical (unpaired) electrons. The van der Waals surface area contributed by atoms with Gasteiger partial charge >= 0.3 is 0 Å². The normalized spacial score (nSPS) is 39.1. The van der Waals surface area contributed by atoms with Gasteiger partial charge in [-0.15, -0.1) is 0 Å². The van der Waals surface area contributed by atoms with Gasteiger partial charge < -0.3 is 11.1 Å². The fraction of sp³-hybridized carbons (Fsp3) is 0.857. The molecule has 2 unspecified atom stereocenters. The molecule has 102 valence electrons. The largest absolute Gasteiger partial charge is 0.392 e. The molecule has 0 aromatic heterocycles. The molecule has 2 rings (SSSR count). The lowest BCUT2D eigenvalue weighted by molar-refractivity contribution is -0.133. The van der Waals surface area contributed by atoms with E-state index >= 15 is 0 Å². The van der Waals surface area contributed by atoms with Gasteiger partial charge in [0.1, 0.15) is 0 Å². The SMILES string of the molecule is CC1CC(C(=O)NCC2CCCC2C)(C(N)=S)C1. The molecule has 3 N–H and O–H groups in total. The summed E-state index contributed by atoms with van der Waals surface area (Å²) >= 11 is 5.10. The van der Waals surface area contributed by atoms with E-state index < -0.39 is 5.41 Å². The highest BCUT2D eigenvalue weighted by molar-refractivity contribution is 7.80. The number of rotatable bonds is 4. The summed E-state index contributed by atoms with van der Waals surface area (Å²) in [5.74, 6) is 1.98. The minimum absolute atomic E-state index is 0.0622. The van der Waals surface area contributed by atoms with Crippen LogP contribution in [0.4, 0.5) is 0 Å². The van der Waals surface area contributed by atoms with Crippen molar-refractivity contribution >= 4 is 23.1 Å². The quantitative estimate of drug-likeness (QED) is 0.769. The maximum atomic E-state index is 12.3. The second kappa shape index (κ2) is 5.16. The van der Waals surface area contributed by atoms with Crippen LogP contribution in [0.1, 0.15) is 46.0 Å². The van der Waals surface area contributed by atoms with Gasteiger partial charge in [-0.25, -0.2) is 0 Å². The lowest BCUT2D eigenvalue weighted by Gasteiger charge is -2.44. The Balaban J connectivity index is 1.89. The van der Waals surface area contributed by atoms with Crippen LogP contribution in [-0.2, 0) is 4.79 Å². The molecular formula is C14H24N2OS. The van der Waals surface area contributed by atoms with Gasteiger partial charge in [0.15, 0.2) is 0 Å². The van der Waals surface area contributed by atoms with E-state index in [4.69, 9.17) is 18.0 Å². The van der Waals surface area contributed by atoms with Gasteiger partial charge in [0.25, 0.3) is 0 Å². The van der Waals surface area contributed by atoms with Gasteiger partial charge in [-0.05, 0) is 37.0 Å². The minimum Gasteiger partial charge on any atom is -0.392 e. The molecule has 0 aliphatic heterocycles. The lowest BCUT2D eigenvalue weighted by atomic mass is 9.62. The molecular weight excluding hydrogens is 244 g/mol. The Morgan fingerprint density at radius 3 is 2.50 bits per heavy atom. The van der Waals surface area contributed by atoms with Crippen molar-refractivity contribution in [2.24, 2.45) is 28.9 Å². The summed E-state index contributed by atoms with van der Waals surface area (Å²) in [4.78, 5) is 12.7. The zero-order valence-electron chi connectivity index (χ0n) is 11.4. The van der Waals surface area contributed by atoms with Crippen LogP contribution in [0.2, 0.25) is 0 Å². The van der Waals surface area contributed by atoms with Crippen LogP contribution in [0.15, 0.2) is 0 Å². The average Bonchev–Trinajstić information content (AvgIpc) is 2.66. The van der Waals surface area contributed by atoms with Crippen molar-refractivity contribution in [1.29, 1.82) is 0 Å². The second-order valence-electron chi connectivity index (χ2n) is 6.34. The molecule has 0 heterocycles. The number of thiocarbonyl (C=S) groups is 1. The first-order valence-electron chi connectivity index (χ1n) is 7.04. The van der Waals surface area contributed by atoms with E-state index in [0.717, 1.165) is 25.3 Å². The highest BCUT2D eigenvalue weighted by Crippen LogP contribution is 2.46. The van der Waals surface area contributed by atoms with Crippen LogP contribution in [0.5, 0.6) is 0 Å². The molecule has 0 bridgehead atoms. The number of nitrogens with two attached hydrogens (primary N) is 1. The summed E-state index contributed by atoms with van der Waals surface area (Å²) in [6, 6.07) is 0. The zero-order valence-corrected chi connectivity index (χ0v) is 12.2. The summed E-state index contributed by atoms with van der Waals surface area (Å²) < 4.78 is 0. The molecule has 2 fully saturated rings. The third-order valence-corrected chi connectivity index (χ3v) is 5.25. The third-order valence-electron chi connectivity index (χ3n) is 4.86. The Kier molecular flexibility index (Phi) is 3.95. The molecule has 18 heavy (non-hydrogen) atoms. The van der Waals surface area contributed by atoms with E-state index in [0.29, 0.717) is 16.8 Å². The van der Waals surface area contributed by atoms with Crippen molar-refractivity contribution < 1.29 is 4.79 Å². The van der Waals surface area contributed by atoms with Crippen molar-refractivity contribution in [2.75, 3.05) is 6.54 Å². The second-order valence-corrected chi connectivity index (χ2v) is 6.78. The first-order chi connectivity index (χ1) is 8.45. The van der Waals surface area contributed by atoms with Crippen molar-refractivity contribution in [1.82, 2.24) is 5.32 Å². The smallest absolute Gasteiger partial charge is 0.233 e. The van der Waals surface area contributed by atoms with Gasteiger partial charge in [-0.3, -0.25) is 4.79 Å². The maximum absolute atomic E-state index is 12.3. The minimum atomic E-state index is -0.545. The molecule has 1 amide bonds. The van der Waals surface area contributed by atoms with E-state index in [1.54, 1.807) is 0 Å². The molecule has 0 aromatic rings. The first kappa shape index (κ1) is 13.8. The zero-order chi connectivity index (χ0) is 13.3. The standard InChI is InChI=1S/C14H24N2OS/c1-9-6-14(7-9,12(15)18)13(17)16-8-11-5-3-4-10(11)2/h9-11H,3-8H2,1-2H3,(H2,15,18)(H,16,17). The van der Waals surface area contributed by atoms with Crippen molar-refractivity contribution in [3.8, 4) is 0 Å². The molecule has 2 atom stereocenters. The van der Waals surface area contributed by atoms with Crippen molar-refractivity contribution in [3.05, 3.63) is 0 Å². The Hall–Kier alpha value is -0.640. The first-order valence-corrected chi connectivity index (χ1v) is 7.45. The van der Waals surface area contributed by atoms with E-state index in [1.807, 2.05) is 0 Å². The highest BCUT2D eigenvalue weighted by Gasteiger charge is 2.50. The predicted octanol–water partition coefficient (Wildman–Crippen LogP) is 2.24. The molecule has 4 heteroatoms. The molecule has 0 saturated heterocycles. The summed E-state index contributed by atoms with van der Waals surface area (Å²) in [7, 11) is 0. The summed E-state index contributed by atoms with van der Waals surface area (Å²) in [6.45, 7) is 5.21. The van der Waals surface area contributed by atoms with E-state index in [1.165, 1.54) is 19.3 Å². The predicted molar refractivity (Wildman–Crippen MR) is 77.1 cm³/mol. The van der Waals surface area contributed by atoms with E-state index in [2.05, 4.69) is 19.2 Å². The van der Waals surface area contributed by atoms with Crippen LogP contribution in [-0.4, -0.2) is 17.4 Å². The molecule has 3 nitrogen and oxygen atoms in total. The van der Waals surface area contributed by atoms with Crippen LogP contribution >= 0.6 is 12.2 Å². The van der Waals surface area contributed by atoms with Gasteiger partial charge in [0.2, 0.25) is 5.91 Å². The molecule has 0 spiro atoms. The van der Waals surface area contributed by atoms with Crippen LogP contribution < -0.4 is 11.1 Å². The van der Waals surface area contributed by atoms with Crippen molar-refractivity contribution in [3.63, 3.8) is 0 Å². The monoisotopic (exact) mass is 268 g/mol. The Morgan fingerprint density at radius 2 is 2.06 bits per heavy atom. The van der Waals surface area contributed by atoms with Crippen LogP contribution in [0.3, 0.4) is 0 Å². The molecule has 0 aromatic carbocycles. The lowest BCUT2D eigenvalue weighted by Crippen LogP contribution is -2.56. The van der Waals surface area contributed by atoms with Gasteiger partial charge in [0.05, 0.1) is 10.4 Å². The highest BCUT2D eigenvalue weighted by atomic mass is 32.1. The van der Waals surface area contributed by atoms with Crippen LogP contribution in [0.25, 0.3) is 0 Å². The number of carbonyl (C=O) groups excluding carboxylic acids is 1. The number of amides is 1. The number of nitrogens with one attached hydrogen (secondary N) is 1. The Labute approximate surface area is 115 Å². The molecule has 2 aliphatic carbocycles. The summed E-state index contributed by atoms with van der Waals surface area (Å²) in [6.07, 6.45) is 5.44. The average molecular weight is 268 g/mol. The van der Waals surface area contributed by atoms with Gasteiger partial charge in [0, 0.05) is 6.54 Å². The Bertz CT molecular complexity index is 350. The summed E-state index contributed by atoms with van der Waals surface area (Å²) in [5, 5.41) is 3.09. The topological polar surface area (TPSA) is 55.1 Å². The molecule has 2 aliphatic rings. The number of carbonyl (C=O) groups is 1. The summed E-state index contributed by atoms with van der Waals surface area (Å²) in [5.41, 5.74) is 5.23. The van der Waals surface area contributed by atoms with E-state index in [-0.39, 0.29) is 5.91 Å². The number of hydrogen-bond donors (Lipinski definition) is 2. The Morgan fingerprint density at radius 1 is 1.39 bits per heavy atom. The van der Waals surface area contributed by atoms with Gasteiger partial charge in [-0.2, -0.15) is 0 Å². The van der Waals surface area contributed by atoms with Crippen LogP contribution in [0, 0.1) is 23.2 Å².